The molecule has 7 nitrogen and oxygen atoms in total. The normalized spacial score (nSPS) is 15.5. The van der Waals surface area contributed by atoms with Crippen molar-refractivity contribution in [2.24, 2.45) is 0 Å². The fourth-order valence-corrected chi connectivity index (χ4v) is 2.75. The van der Waals surface area contributed by atoms with Crippen molar-refractivity contribution in [1.82, 2.24) is 10.6 Å². The predicted octanol–water partition coefficient (Wildman–Crippen LogP) is 0.896. The Kier molecular flexibility index (Phi) is 5.17. The molecule has 1 aliphatic rings. The number of carbonyl (C=O) groups excluding carboxylic acids is 3. The Balaban J connectivity index is 1.47. The summed E-state index contributed by atoms with van der Waals surface area (Å²) < 4.78 is 5.18. The molecule has 1 atom stereocenters. The molecule has 1 aliphatic heterocycles. The minimum absolute atomic E-state index is 0.215. The van der Waals surface area contributed by atoms with Crippen molar-refractivity contribution < 1.29 is 19.1 Å². The topological polar surface area (TPSA) is 111 Å². The van der Waals surface area contributed by atoms with E-state index in [1.165, 1.54) is 0 Å². The van der Waals surface area contributed by atoms with Crippen molar-refractivity contribution in [2.75, 3.05) is 18.8 Å². The number of cyclic esters (lactones) is 1. The maximum Gasteiger partial charge on any atom is 0.339 e. The first-order chi connectivity index (χ1) is 12.6. The molecule has 7 heteroatoms. The molecule has 1 unspecified atom stereocenters. The highest BCUT2D eigenvalue weighted by Crippen LogP contribution is 2.20. The van der Waals surface area contributed by atoms with Crippen molar-refractivity contribution in [3.8, 4) is 0 Å². The van der Waals surface area contributed by atoms with Crippen molar-refractivity contribution in [1.29, 1.82) is 0 Å². The Morgan fingerprint density at radius 3 is 2.54 bits per heavy atom. The quantitative estimate of drug-likeness (QED) is 0.420. The lowest BCUT2D eigenvalue weighted by Crippen LogP contribution is -2.44. The number of fused-ring (bicyclic) bond motifs is 1. The molecule has 0 aliphatic carbocycles. The number of amides is 2. The van der Waals surface area contributed by atoms with E-state index < -0.39 is 12.1 Å². The second-order valence-electron chi connectivity index (χ2n) is 5.89. The zero-order valence-corrected chi connectivity index (χ0v) is 14.0. The van der Waals surface area contributed by atoms with Gasteiger partial charge < -0.3 is 21.1 Å². The summed E-state index contributed by atoms with van der Waals surface area (Å²) in [5, 5.41) is 5.34. The van der Waals surface area contributed by atoms with Gasteiger partial charge in [-0.05, 0) is 23.8 Å². The van der Waals surface area contributed by atoms with Crippen molar-refractivity contribution in [3.05, 3.63) is 65.2 Å². The van der Waals surface area contributed by atoms with Gasteiger partial charge in [0.1, 0.15) is 0 Å². The average Bonchev–Trinajstić information content (AvgIpc) is 2.65. The van der Waals surface area contributed by atoms with E-state index in [0.717, 1.165) is 5.56 Å². The third kappa shape index (κ3) is 3.83. The van der Waals surface area contributed by atoms with Crippen molar-refractivity contribution in [3.63, 3.8) is 0 Å². The fraction of sp³-hybridized carbons (Fsp3) is 0.211. The summed E-state index contributed by atoms with van der Waals surface area (Å²) in [5.41, 5.74) is 7.80. The van der Waals surface area contributed by atoms with Gasteiger partial charge in [0.15, 0.2) is 6.10 Å². The SMILES string of the molecule is Nc1ccccc1C(=O)NCCNC(=O)C1Cc2ccccc2C(=O)O1. The number of nitrogen functional groups attached to an aromatic ring is 1. The molecular formula is C19H19N3O4. The van der Waals surface area contributed by atoms with Gasteiger partial charge in [0.25, 0.3) is 11.8 Å². The Labute approximate surface area is 150 Å². The summed E-state index contributed by atoms with van der Waals surface area (Å²) in [6.45, 7) is 0.448. The van der Waals surface area contributed by atoms with Gasteiger partial charge in [0.2, 0.25) is 0 Å². The lowest BCUT2D eigenvalue weighted by molar-refractivity contribution is -0.130. The molecule has 26 heavy (non-hydrogen) atoms. The van der Waals surface area contributed by atoms with Crippen LogP contribution in [0.4, 0.5) is 5.69 Å². The molecule has 0 fully saturated rings. The molecule has 2 aromatic carbocycles. The van der Waals surface area contributed by atoms with Crippen LogP contribution in [0.15, 0.2) is 48.5 Å². The Morgan fingerprint density at radius 2 is 1.73 bits per heavy atom. The van der Waals surface area contributed by atoms with Crippen LogP contribution >= 0.6 is 0 Å². The molecule has 0 aromatic heterocycles. The van der Waals surface area contributed by atoms with E-state index in [0.29, 0.717) is 23.2 Å². The van der Waals surface area contributed by atoms with Crippen LogP contribution in [-0.2, 0) is 16.0 Å². The lowest BCUT2D eigenvalue weighted by Gasteiger charge is -2.23. The van der Waals surface area contributed by atoms with Crippen molar-refractivity contribution in [2.45, 2.75) is 12.5 Å². The highest BCUT2D eigenvalue weighted by Gasteiger charge is 2.30. The van der Waals surface area contributed by atoms with Crippen LogP contribution in [0.5, 0.6) is 0 Å². The standard InChI is InChI=1S/C19H19N3O4/c20-15-8-4-3-7-14(15)17(23)21-9-10-22-18(24)16-11-12-5-1-2-6-13(12)19(25)26-16/h1-8,16H,9-11,20H2,(H,21,23)(H,22,24). The Morgan fingerprint density at radius 1 is 1.04 bits per heavy atom. The zero-order chi connectivity index (χ0) is 18.5. The zero-order valence-electron chi connectivity index (χ0n) is 14.0. The third-order valence-corrected chi connectivity index (χ3v) is 4.10. The van der Waals surface area contributed by atoms with Gasteiger partial charge in [0, 0.05) is 25.2 Å². The van der Waals surface area contributed by atoms with Gasteiger partial charge in [-0.2, -0.15) is 0 Å². The number of carbonyl (C=O) groups is 3. The van der Waals surface area contributed by atoms with Gasteiger partial charge in [-0.15, -0.1) is 0 Å². The Bertz CT molecular complexity index is 850. The predicted molar refractivity (Wildman–Crippen MR) is 95.5 cm³/mol. The van der Waals surface area contributed by atoms with Crippen LogP contribution in [0, 0.1) is 0 Å². The summed E-state index contributed by atoms with van der Waals surface area (Å²) in [4.78, 5) is 36.2. The number of esters is 1. The number of ether oxygens (including phenoxy) is 1. The molecule has 0 radical (unpaired) electrons. The number of anilines is 1. The molecule has 3 rings (SSSR count). The number of hydrogen-bond donors (Lipinski definition) is 3. The van der Waals surface area contributed by atoms with E-state index in [4.69, 9.17) is 10.5 Å². The number of para-hydroxylation sites is 1. The summed E-state index contributed by atoms with van der Waals surface area (Å²) in [6, 6.07) is 13.8. The van der Waals surface area contributed by atoms with Crippen molar-refractivity contribution >= 4 is 23.5 Å². The molecular weight excluding hydrogens is 334 g/mol. The molecule has 0 saturated carbocycles. The van der Waals surface area contributed by atoms with Gasteiger partial charge in [-0.25, -0.2) is 4.79 Å². The largest absolute Gasteiger partial charge is 0.448 e. The number of rotatable bonds is 5. The lowest BCUT2D eigenvalue weighted by atomic mass is 9.98. The first-order valence-corrected chi connectivity index (χ1v) is 8.25. The van der Waals surface area contributed by atoms with Crippen LogP contribution < -0.4 is 16.4 Å². The molecule has 1 heterocycles. The summed E-state index contributed by atoms with van der Waals surface area (Å²) >= 11 is 0. The van der Waals surface area contributed by atoms with Crippen LogP contribution in [0.3, 0.4) is 0 Å². The first kappa shape index (κ1) is 17.5. The third-order valence-electron chi connectivity index (χ3n) is 4.10. The van der Waals surface area contributed by atoms with E-state index in [9.17, 15) is 14.4 Å². The van der Waals surface area contributed by atoms with E-state index in [-0.39, 0.29) is 24.9 Å². The Hall–Kier alpha value is -3.35. The maximum absolute atomic E-state index is 12.2. The number of nitrogens with one attached hydrogen (secondary N) is 2. The van der Waals surface area contributed by atoms with Gasteiger partial charge in [-0.3, -0.25) is 9.59 Å². The number of benzene rings is 2. The van der Waals surface area contributed by atoms with Crippen LogP contribution in [0.25, 0.3) is 0 Å². The molecule has 4 N–H and O–H groups in total. The summed E-state index contributed by atoms with van der Waals surface area (Å²) in [7, 11) is 0. The van der Waals surface area contributed by atoms with E-state index >= 15 is 0 Å². The van der Waals surface area contributed by atoms with Crippen LogP contribution in [0.1, 0.15) is 26.3 Å². The minimum atomic E-state index is -0.863. The number of hydrogen-bond acceptors (Lipinski definition) is 5. The second-order valence-corrected chi connectivity index (χ2v) is 5.89. The monoisotopic (exact) mass is 353 g/mol. The van der Waals surface area contributed by atoms with Crippen LogP contribution in [0.2, 0.25) is 0 Å². The minimum Gasteiger partial charge on any atom is -0.448 e. The highest BCUT2D eigenvalue weighted by atomic mass is 16.5. The average molecular weight is 353 g/mol. The smallest absolute Gasteiger partial charge is 0.339 e. The van der Waals surface area contributed by atoms with E-state index in [1.807, 2.05) is 6.07 Å². The molecule has 0 bridgehead atoms. The maximum atomic E-state index is 12.2. The van der Waals surface area contributed by atoms with Gasteiger partial charge >= 0.3 is 5.97 Å². The summed E-state index contributed by atoms with van der Waals surface area (Å²) in [6.07, 6.45) is -0.529. The molecule has 134 valence electrons. The van der Waals surface area contributed by atoms with Crippen LogP contribution in [-0.4, -0.2) is 37.0 Å². The highest BCUT2D eigenvalue weighted by molar-refractivity contribution is 5.99. The second kappa shape index (κ2) is 7.69. The first-order valence-electron chi connectivity index (χ1n) is 8.25. The molecule has 2 aromatic rings. The molecule has 0 spiro atoms. The molecule has 2 amide bonds. The van der Waals surface area contributed by atoms with E-state index in [2.05, 4.69) is 10.6 Å². The fourth-order valence-electron chi connectivity index (χ4n) is 2.75. The molecule has 0 saturated heterocycles. The van der Waals surface area contributed by atoms with E-state index in [1.54, 1.807) is 42.5 Å². The summed E-state index contributed by atoms with van der Waals surface area (Å²) in [5.74, 6) is -1.20. The van der Waals surface area contributed by atoms with Gasteiger partial charge in [-0.1, -0.05) is 30.3 Å². The van der Waals surface area contributed by atoms with Gasteiger partial charge in [0.05, 0.1) is 11.1 Å². The number of nitrogens with two attached hydrogens (primary N) is 1.